The van der Waals surface area contributed by atoms with Crippen LogP contribution in [0, 0.1) is 0 Å². The molecule has 0 aromatic heterocycles. The second-order valence-electron chi connectivity index (χ2n) is 2.46. The van der Waals surface area contributed by atoms with Crippen LogP contribution in [0.15, 0.2) is 23.8 Å². The van der Waals surface area contributed by atoms with E-state index in [2.05, 4.69) is 31.9 Å². The molecule has 12 heavy (non-hydrogen) atoms. The second-order valence-corrected chi connectivity index (χ2v) is 6.35. The lowest BCUT2D eigenvalue weighted by atomic mass is 10.1. The largest absolute Gasteiger partial charge is 0.416 e. The number of alkyl halides is 5. The molecule has 0 saturated heterocycles. The average Bonchev–Trinajstić information content (AvgIpc) is 1.83. The third-order valence-corrected chi connectivity index (χ3v) is 2.60. The third kappa shape index (κ3) is 2.62. The van der Waals surface area contributed by atoms with E-state index in [0.717, 1.165) is 12.2 Å². The van der Waals surface area contributed by atoms with E-state index in [0.29, 0.717) is 6.42 Å². The van der Waals surface area contributed by atoms with Crippen molar-refractivity contribution < 1.29 is 13.2 Å². The van der Waals surface area contributed by atoms with Crippen molar-refractivity contribution in [1.82, 2.24) is 0 Å². The van der Waals surface area contributed by atoms with Gasteiger partial charge in [0.1, 0.15) is 3.23 Å². The summed E-state index contributed by atoms with van der Waals surface area (Å²) in [7, 11) is 0. The molecule has 0 aliphatic heterocycles. The van der Waals surface area contributed by atoms with Crippen molar-refractivity contribution in [3.8, 4) is 0 Å². The normalized spacial score (nSPS) is 22.2. The summed E-state index contributed by atoms with van der Waals surface area (Å²) in [4.78, 5) is 0. The summed E-state index contributed by atoms with van der Waals surface area (Å²) < 4.78 is 35.6. The quantitative estimate of drug-likeness (QED) is 0.595. The van der Waals surface area contributed by atoms with E-state index in [1.165, 1.54) is 6.08 Å². The highest BCUT2D eigenvalue weighted by molar-refractivity contribution is 9.25. The van der Waals surface area contributed by atoms with Gasteiger partial charge in [-0.15, -0.1) is 0 Å². The molecule has 0 spiro atoms. The van der Waals surface area contributed by atoms with Gasteiger partial charge in [0.2, 0.25) is 0 Å². The van der Waals surface area contributed by atoms with Crippen molar-refractivity contribution in [1.29, 1.82) is 0 Å². The van der Waals surface area contributed by atoms with Gasteiger partial charge >= 0.3 is 6.18 Å². The first kappa shape index (κ1) is 10.3. The van der Waals surface area contributed by atoms with E-state index in [1.807, 2.05) is 0 Å². The van der Waals surface area contributed by atoms with Crippen LogP contribution in [0.25, 0.3) is 0 Å². The first-order valence-electron chi connectivity index (χ1n) is 3.16. The van der Waals surface area contributed by atoms with Crippen LogP contribution in [-0.2, 0) is 0 Å². The molecule has 1 aliphatic rings. The fraction of sp³-hybridized carbons (Fsp3) is 0.429. The lowest BCUT2D eigenvalue weighted by molar-refractivity contribution is -0.0886. The molecular formula is C7H5Br2F3. The second kappa shape index (κ2) is 3.18. The number of hydrogen-bond acceptors (Lipinski definition) is 0. The molecule has 0 radical (unpaired) electrons. The molecule has 1 aliphatic carbocycles. The Kier molecular flexibility index (Phi) is 2.73. The topological polar surface area (TPSA) is 0 Å². The maximum Gasteiger partial charge on any atom is 0.416 e. The highest BCUT2D eigenvalue weighted by Crippen LogP contribution is 2.39. The molecule has 0 nitrogen and oxygen atoms in total. The summed E-state index contributed by atoms with van der Waals surface area (Å²) in [5, 5.41) is 0. The van der Waals surface area contributed by atoms with Crippen LogP contribution in [0.1, 0.15) is 6.42 Å². The van der Waals surface area contributed by atoms with E-state index in [4.69, 9.17) is 0 Å². The van der Waals surface area contributed by atoms with Crippen LogP contribution in [0.4, 0.5) is 13.2 Å². The molecule has 1 rings (SSSR count). The van der Waals surface area contributed by atoms with Crippen LogP contribution in [0.3, 0.4) is 0 Å². The average molecular weight is 306 g/mol. The monoisotopic (exact) mass is 304 g/mol. The Bertz CT molecular complexity index is 238. The molecule has 0 amide bonds. The molecule has 0 saturated carbocycles. The zero-order valence-corrected chi connectivity index (χ0v) is 9.00. The number of halogens is 5. The minimum absolute atomic E-state index is 0.290. The van der Waals surface area contributed by atoms with Crippen LogP contribution in [-0.4, -0.2) is 9.41 Å². The van der Waals surface area contributed by atoms with E-state index in [-0.39, 0.29) is 0 Å². The molecule has 0 aromatic carbocycles. The predicted molar refractivity (Wildman–Crippen MR) is 48.5 cm³/mol. The van der Waals surface area contributed by atoms with Crippen molar-refractivity contribution in [2.24, 2.45) is 0 Å². The molecule has 0 atom stereocenters. The minimum atomic E-state index is -4.23. The van der Waals surface area contributed by atoms with Gasteiger partial charge in [0.25, 0.3) is 0 Å². The molecule has 0 heterocycles. The maximum absolute atomic E-state index is 12.0. The van der Waals surface area contributed by atoms with Gasteiger partial charge in [-0.25, -0.2) is 0 Å². The Morgan fingerprint density at radius 1 is 1.33 bits per heavy atom. The summed E-state index contributed by atoms with van der Waals surface area (Å²) >= 11 is 6.41. The Morgan fingerprint density at radius 3 is 2.25 bits per heavy atom. The molecule has 0 N–H and O–H groups in total. The summed E-state index contributed by atoms with van der Waals surface area (Å²) in [5.41, 5.74) is -0.586. The summed E-state index contributed by atoms with van der Waals surface area (Å²) in [6.07, 6.45) is -0.280. The van der Waals surface area contributed by atoms with Gasteiger partial charge in [-0.1, -0.05) is 50.1 Å². The van der Waals surface area contributed by atoms with Gasteiger partial charge in [-0.2, -0.15) is 13.2 Å². The summed E-state index contributed by atoms with van der Waals surface area (Å²) in [5.74, 6) is 0. The fourth-order valence-corrected chi connectivity index (χ4v) is 1.39. The Balaban J connectivity index is 2.78. The van der Waals surface area contributed by atoms with Gasteiger partial charge in [0, 0.05) is 0 Å². The van der Waals surface area contributed by atoms with E-state index >= 15 is 0 Å². The molecular weight excluding hydrogens is 301 g/mol. The van der Waals surface area contributed by atoms with E-state index in [9.17, 15) is 13.2 Å². The Labute approximate surface area is 84.8 Å². The van der Waals surface area contributed by atoms with Crippen molar-refractivity contribution in [3.63, 3.8) is 0 Å². The van der Waals surface area contributed by atoms with Crippen molar-refractivity contribution in [2.75, 3.05) is 0 Å². The number of allylic oxidation sites excluding steroid dienone is 4. The number of rotatable bonds is 0. The standard InChI is InChI=1S/C7H5Br2F3/c8-6(9)3-1-5(2-4-6)7(10,11)12/h1-3H,4H2. The molecule has 0 fully saturated rings. The van der Waals surface area contributed by atoms with Crippen LogP contribution < -0.4 is 0 Å². The maximum atomic E-state index is 12.0. The highest BCUT2D eigenvalue weighted by atomic mass is 79.9. The molecule has 68 valence electrons. The lowest BCUT2D eigenvalue weighted by Crippen LogP contribution is -2.16. The summed E-state index contributed by atoms with van der Waals surface area (Å²) in [6, 6.07) is 0. The van der Waals surface area contributed by atoms with E-state index < -0.39 is 15.0 Å². The zero-order chi connectivity index (χ0) is 9.41. The Morgan fingerprint density at radius 2 is 1.92 bits per heavy atom. The van der Waals surface area contributed by atoms with Crippen molar-refractivity contribution in [2.45, 2.75) is 15.8 Å². The third-order valence-electron chi connectivity index (χ3n) is 1.43. The molecule has 5 heteroatoms. The smallest absolute Gasteiger partial charge is 0.166 e. The van der Waals surface area contributed by atoms with Crippen LogP contribution in [0.5, 0.6) is 0 Å². The first-order chi connectivity index (χ1) is 5.31. The lowest BCUT2D eigenvalue weighted by Gasteiger charge is -2.19. The Hall–Kier alpha value is 0.230. The summed E-state index contributed by atoms with van der Waals surface area (Å²) in [6.45, 7) is 0. The van der Waals surface area contributed by atoms with Gasteiger partial charge in [-0.05, 0) is 6.42 Å². The first-order valence-corrected chi connectivity index (χ1v) is 4.74. The fourth-order valence-electron chi connectivity index (χ4n) is 0.804. The predicted octanol–water partition coefficient (Wildman–Crippen LogP) is 3.92. The SMILES string of the molecule is FC(F)(F)C1=CCC(Br)(Br)C=C1. The highest BCUT2D eigenvalue weighted by Gasteiger charge is 2.34. The van der Waals surface area contributed by atoms with E-state index in [1.54, 1.807) is 0 Å². The van der Waals surface area contributed by atoms with Crippen molar-refractivity contribution in [3.05, 3.63) is 23.8 Å². The minimum Gasteiger partial charge on any atom is -0.166 e. The van der Waals surface area contributed by atoms with Crippen LogP contribution in [0.2, 0.25) is 0 Å². The zero-order valence-electron chi connectivity index (χ0n) is 5.83. The van der Waals surface area contributed by atoms with Crippen LogP contribution >= 0.6 is 31.9 Å². The van der Waals surface area contributed by atoms with Gasteiger partial charge in [-0.3, -0.25) is 0 Å². The van der Waals surface area contributed by atoms with Crippen molar-refractivity contribution >= 4 is 31.9 Å². The molecule has 0 bridgehead atoms. The number of hydrogen-bond donors (Lipinski definition) is 0. The van der Waals surface area contributed by atoms with Gasteiger partial charge in [0.05, 0.1) is 5.57 Å². The van der Waals surface area contributed by atoms with Gasteiger partial charge in [0.15, 0.2) is 0 Å². The van der Waals surface area contributed by atoms with Gasteiger partial charge < -0.3 is 0 Å². The molecule has 0 aromatic rings. The molecule has 0 unspecified atom stereocenters.